The summed E-state index contributed by atoms with van der Waals surface area (Å²) in [5.74, 6) is 0. The second kappa shape index (κ2) is 7.94. The average molecular weight is 428 g/mol. The van der Waals surface area contributed by atoms with Gasteiger partial charge in [0.15, 0.2) is 5.13 Å². The summed E-state index contributed by atoms with van der Waals surface area (Å²) < 4.78 is 3.13. The fraction of sp³-hybridized carbons (Fsp3) is 0.364. The quantitative estimate of drug-likeness (QED) is 0.470. The third-order valence-electron chi connectivity index (χ3n) is 5.79. The molecule has 2 aromatic heterocycles. The summed E-state index contributed by atoms with van der Waals surface area (Å²) in [6.45, 7) is 2.18. The normalized spacial score (nSPS) is 15.4. The maximum Gasteiger partial charge on any atom is 0.186 e. The van der Waals surface area contributed by atoms with Crippen LogP contribution in [0.15, 0.2) is 42.6 Å². The third-order valence-corrected chi connectivity index (χ3v) is 6.87. The summed E-state index contributed by atoms with van der Waals surface area (Å²) in [6, 6.07) is 13.8. The number of rotatable bonds is 3. The van der Waals surface area contributed by atoms with Gasteiger partial charge >= 0.3 is 0 Å². The molecule has 1 saturated heterocycles. The molecule has 152 valence electrons. The van der Waals surface area contributed by atoms with Gasteiger partial charge in [0.25, 0.3) is 0 Å². The molecule has 29 heavy (non-hydrogen) atoms. The lowest BCUT2D eigenvalue weighted by Crippen LogP contribution is -2.41. The Morgan fingerprint density at radius 2 is 1.69 bits per heavy atom. The third kappa shape index (κ3) is 3.84. The van der Waals surface area contributed by atoms with Crippen LogP contribution in [0, 0.1) is 0 Å². The van der Waals surface area contributed by atoms with Gasteiger partial charge in [0, 0.05) is 37.8 Å². The first kappa shape index (κ1) is 20.1. The van der Waals surface area contributed by atoms with Gasteiger partial charge in [-0.1, -0.05) is 23.5 Å². The molecule has 0 unspecified atom stereocenters. The smallest absolute Gasteiger partial charge is 0.186 e. The molecule has 1 fully saturated rings. The molecule has 1 aliphatic heterocycles. The van der Waals surface area contributed by atoms with Gasteiger partial charge in [-0.05, 0) is 62.3 Å². The zero-order chi connectivity index (χ0) is 19.3. The second-order valence-corrected chi connectivity index (χ2v) is 8.95. The van der Waals surface area contributed by atoms with E-state index in [1.807, 2.05) is 23.1 Å². The lowest BCUT2D eigenvalue weighted by molar-refractivity contribution is 0.249. The van der Waals surface area contributed by atoms with Crippen LogP contribution in [0.1, 0.15) is 12.8 Å². The molecule has 0 N–H and O–H groups in total. The number of nitrogens with zero attached hydrogens (tertiary/aromatic N) is 5. The number of thiazole rings is 1. The number of hydrogen-bond donors (Lipinski definition) is 0. The van der Waals surface area contributed by atoms with Gasteiger partial charge in [0.1, 0.15) is 0 Å². The molecular weight excluding hydrogens is 402 g/mol. The highest BCUT2D eigenvalue weighted by Gasteiger charge is 2.22. The molecule has 0 spiro atoms. The summed E-state index contributed by atoms with van der Waals surface area (Å²) in [4.78, 5) is 9.71. The summed E-state index contributed by atoms with van der Waals surface area (Å²) >= 11 is 1.81. The van der Waals surface area contributed by atoms with Crippen LogP contribution in [-0.2, 0) is 7.05 Å². The number of anilines is 1. The average Bonchev–Trinajstić information content (AvgIpc) is 3.29. The minimum Gasteiger partial charge on any atom is -0.348 e. The molecule has 0 bridgehead atoms. The van der Waals surface area contributed by atoms with Crippen molar-refractivity contribution in [3.63, 3.8) is 0 Å². The van der Waals surface area contributed by atoms with Crippen molar-refractivity contribution in [3.05, 3.63) is 42.6 Å². The number of piperidine rings is 1. The predicted octanol–water partition coefficient (Wildman–Crippen LogP) is 4.80. The highest BCUT2D eigenvalue weighted by molar-refractivity contribution is 7.22. The molecule has 5 nitrogen and oxygen atoms in total. The molecule has 1 aliphatic rings. The first-order valence-corrected chi connectivity index (χ1v) is 10.6. The Hall–Kier alpha value is -2.15. The van der Waals surface area contributed by atoms with Gasteiger partial charge in [-0.3, -0.25) is 4.68 Å². The first-order valence-electron chi connectivity index (χ1n) is 9.82. The van der Waals surface area contributed by atoms with Crippen molar-refractivity contribution in [3.8, 4) is 11.1 Å². The van der Waals surface area contributed by atoms with Gasteiger partial charge in [0.05, 0.1) is 15.7 Å². The standard InChI is InChI=1S/C22H25N5S.ClH/c1-25(2)18-8-10-27(11-9-18)22-23-20-7-5-16(13-21(20)28-22)15-4-6-19-17(12-15)14-26(3)24-19;/h4-7,12-14,18H,8-11H2,1-3H3;1H. The van der Waals surface area contributed by atoms with Crippen LogP contribution in [0.4, 0.5) is 5.13 Å². The Kier molecular flexibility index (Phi) is 5.51. The van der Waals surface area contributed by atoms with E-state index in [1.54, 1.807) is 0 Å². The van der Waals surface area contributed by atoms with E-state index in [-0.39, 0.29) is 12.4 Å². The number of benzene rings is 2. The Balaban J connectivity index is 0.00000205. The number of hydrogen-bond acceptors (Lipinski definition) is 5. The zero-order valence-corrected chi connectivity index (χ0v) is 18.6. The van der Waals surface area contributed by atoms with Crippen molar-refractivity contribution in [2.75, 3.05) is 32.1 Å². The number of aryl methyl sites for hydroxylation is 1. The van der Waals surface area contributed by atoms with E-state index in [4.69, 9.17) is 4.98 Å². The van der Waals surface area contributed by atoms with Gasteiger partial charge in [-0.2, -0.15) is 5.10 Å². The Bertz CT molecular complexity index is 1140. The first-order chi connectivity index (χ1) is 13.6. The van der Waals surface area contributed by atoms with Crippen molar-refractivity contribution >= 4 is 50.0 Å². The molecule has 3 heterocycles. The molecule has 5 rings (SSSR count). The summed E-state index contributed by atoms with van der Waals surface area (Å²) in [5.41, 5.74) is 4.60. The minimum absolute atomic E-state index is 0. The molecule has 0 radical (unpaired) electrons. The highest BCUT2D eigenvalue weighted by atomic mass is 35.5. The molecule has 7 heteroatoms. The molecule has 0 amide bonds. The van der Waals surface area contributed by atoms with Gasteiger partial charge in [-0.15, -0.1) is 12.4 Å². The van der Waals surface area contributed by atoms with E-state index >= 15 is 0 Å². The lowest BCUT2D eigenvalue weighted by atomic mass is 10.0. The SMILES string of the molecule is CN(C)C1CCN(c2nc3ccc(-c4ccc5nn(C)cc5c4)cc3s2)CC1.Cl. The molecule has 2 aromatic carbocycles. The van der Waals surface area contributed by atoms with Gasteiger partial charge in [0.2, 0.25) is 0 Å². The van der Waals surface area contributed by atoms with E-state index in [9.17, 15) is 0 Å². The maximum atomic E-state index is 4.91. The number of aromatic nitrogens is 3. The molecule has 0 atom stereocenters. The molecule has 4 aromatic rings. The van der Waals surface area contributed by atoms with Gasteiger partial charge < -0.3 is 9.80 Å². The number of halogens is 1. The van der Waals surface area contributed by atoms with Crippen molar-refractivity contribution < 1.29 is 0 Å². The zero-order valence-electron chi connectivity index (χ0n) is 17.0. The Morgan fingerprint density at radius 3 is 2.41 bits per heavy atom. The number of fused-ring (bicyclic) bond motifs is 2. The van der Waals surface area contributed by atoms with Crippen LogP contribution in [0.3, 0.4) is 0 Å². The Labute approximate surface area is 181 Å². The Morgan fingerprint density at radius 1 is 1.00 bits per heavy atom. The van der Waals surface area contributed by atoms with E-state index in [0.29, 0.717) is 6.04 Å². The van der Waals surface area contributed by atoms with E-state index in [0.717, 1.165) is 29.3 Å². The second-order valence-electron chi connectivity index (χ2n) is 7.94. The van der Waals surface area contributed by atoms with Crippen LogP contribution in [0.2, 0.25) is 0 Å². The highest BCUT2D eigenvalue weighted by Crippen LogP contribution is 2.34. The maximum absolute atomic E-state index is 4.91. The van der Waals surface area contributed by atoms with Crippen molar-refractivity contribution in [2.24, 2.45) is 7.05 Å². The predicted molar refractivity (Wildman–Crippen MR) is 125 cm³/mol. The minimum atomic E-state index is 0. The van der Waals surface area contributed by atoms with E-state index in [2.05, 4.69) is 71.6 Å². The van der Waals surface area contributed by atoms with E-state index in [1.165, 1.54) is 34.1 Å². The summed E-state index contributed by atoms with van der Waals surface area (Å²) in [7, 11) is 6.33. The van der Waals surface area contributed by atoms with Crippen LogP contribution in [0.5, 0.6) is 0 Å². The van der Waals surface area contributed by atoms with Crippen LogP contribution in [0.25, 0.3) is 32.2 Å². The summed E-state index contributed by atoms with van der Waals surface area (Å²) in [6.07, 6.45) is 4.48. The van der Waals surface area contributed by atoms with Gasteiger partial charge in [-0.25, -0.2) is 4.98 Å². The van der Waals surface area contributed by atoms with E-state index < -0.39 is 0 Å². The topological polar surface area (TPSA) is 37.2 Å². The fourth-order valence-corrected chi connectivity index (χ4v) is 5.19. The monoisotopic (exact) mass is 427 g/mol. The summed E-state index contributed by atoms with van der Waals surface area (Å²) in [5, 5.41) is 6.80. The van der Waals surface area contributed by atoms with Crippen molar-refractivity contribution in [2.45, 2.75) is 18.9 Å². The fourth-order valence-electron chi connectivity index (χ4n) is 4.13. The largest absolute Gasteiger partial charge is 0.348 e. The molecule has 0 aliphatic carbocycles. The van der Waals surface area contributed by atoms with Crippen molar-refractivity contribution in [1.82, 2.24) is 19.7 Å². The van der Waals surface area contributed by atoms with Crippen LogP contribution < -0.4 is 4.90 Å². The van der Waals surface area contributed by atoms with Crippen LogP contribution >= 0.6 is 23.7 Å². The molecule has 0 saturated carbocycles. The lowest BCUT2D eigenvalue weighted by Gasteiger charge is -2.34. The molecular formula is C22H26ClN5S. The van der Waals surface area contributed by atoms with Crippen LogP contribution in [-0.4, -0.2) is 52.9 Å². The van der Waals surface area contributed by atoms with Crippen molar-refractivity contribution in [1.29, 1.82) is 0 Å².